The quantitative estimate of drug-likeness (QED) is 0.583. The third-order valence-electron chi connectivity index (χ3n) is 7.09. The molecule has 184 valence electrons. The Balaban J connectivity index is 1.33. The van der Waals surface area contributed by atoms with Crippen molar-refractivity contribution in [3.05, 3.63) is 30.0 Å². The van der Waals surface area contributed by atoms with E-state index in [1.54, 1.807) is 23.7 Å². The fourth-order valence-electron chi connectivity index (χ4n) is 4.61. The minimum atomic E-state index is -0.746. The Bertz CT molecular complexity index is 986. The minimum Gasteiger partial charge on any atom is -0.490 e. The maximum Gasteiger partial charge on any atom is 0.409 e. The molecule has 1 aromatic carbocycles. The predicted molar refractivity (Wildman–Crippen MR) is 125 cm³/mol. The molecule has 4 rings (SSSR count). The summed E-state index contributed by atoms with van der Waals surface area (Å²) >= 11 is 0. The van der Waals surface area contributed by atoms with E-state index < -0.39 is 5.97 Å². The molecule has 2 aromatic rings. The first-order chi connectivity index (χ1) is 16.4. The lowest BCUT2D eigenvalue weighted by molar-refractivity contribution is -0.143. The van der Waals surface area contributed by atoms with Gasteiger partial charge in [0.1, 0.15) is 23.7 Å². The van der Waals surface area contributed by atoms with Gasteiger partial charge in [-0.2, -0.15) is 0 Å². The molecule has 0 aliphatic heterocycles. The number of carbonyl (C=O) groups excluding carboxylic acids is 1. The summed E-state index contributed by atoms with van der Waals surface area (Å²) in [6, 6.07) is 7.51. The molecule has 1 heterocycles. The first kappa shape index (κ1) is 24.0. The van der Waals surface area contributed by atoms with E-state index in [1.165, 1.54) is 19.3 Å². The van der Waals surface area contributed by atoms with Crippen LogP contribution < -0.4 is 4.74 Å². The van der Waals surface area contributed by atoms with Gasteiger partial charge in [0.05, 0.1) is 12.0 Å². The number of ether oxygens (including phenoxy) is 2. The van der Waals surface area contributed by atoms with E-state index in [2.05, 4.69) is 10.3 Å². The van der Waals surface area contributed by atoms with Crippen LogP contribution in [-0.4, -0.2) is 56.8 Å². The van der Waals surface area contributed by atoms with Gasteiger partial charge in [-0.05, 0) is 62.3 Å². The van der Waals surface area contributed by atoms with E-state index in [9.17, 15) is 14.7 Å². The molecule has 34 heavy (non-hydrogen) atoms. The lowest BCUT2D eigenvalue weighted by Gasteiger charge is -2.27. The Morgan fingerprint density at radius 2 is 1.88 bits per heavy atom. The summed E-state index contributed by atoms with van der Waals surface area (Å²) < 4.78 is 13.2. The number of carboxylic acids is 1. The van der Waals surface area contributed by atoms with Gasteiger partial charge in [0, 0.05) is 26.2 Å². The van der Waals surface area contributed by atoms with Crippen molar-refractivity contribution in [2.75, 3.05) is 13.6 Å². The summed E-state index contributed by atoms with van der Waals surface area (Å²) in [5, 5.41) is 17.7. The van der Waals surface area contributed by atoms with Crippen LogP contribution in [0.4, 0.5) is 4.79 Å². The van der Waals surface area contributed by atoms with Gasteiger partial charge in [0.2, 0.25) is 0 Å². The molecule has 0 radical (unpaired) electrons. The average molecular weight is 471 g/mol. The topological polar surface area (TPSA) is 107 Å². The fraction of sp³-hybridized carbons (Fsp3) is 0.600. The summed E-state index contributed by atoms with van der Waals surface area (Å²) in [5.41, 5.74) is 2.21. The van der Waals surface area contributed by atoms with Gasteiger partial charge in [-0.15, -0.1) is 5.10 Å². The zero-order chi connectivity index (χ0) is 24.1. The number of hydrogen-bond donors (Lipinski definition) is 1. The first-order valence-electron chi connectivity index (χ1n) is 12.2. The number of aryl methyl sites for hydroxylation is 1. The Kier molecular flexibility index (Phi) is 7.70. The third-order valence-corrected chi connectivity index (χ3v) is 7.09. The summed E-state index contributed by atoms with van der Waals surface area (Å²) in [4.78, 5) is 25.3. The Labute approximate surface area is 200 Å². The highest BCUT2D eigenvalue weighted by Gasteiger charge is 2.28. The molecule has 2 aliphatic rings. The van der Waals surface area contributed by atoms with Crippen LogP contribution >= 0.6 is 0 Å². The van der Waals surface area contributed by atoms with E-state index in [1.807, 2.05) is 24.3 Å². The van der Waals surface area contributed by atoms with E-state index in [4.69, 9.17) is 9.47 Å². The summed E-state index contributed by atoms with van der Waals surface area (Å²) in [6.45, 7) is 0.790. The molecule has 2 aliphatic carbocycles. The third kappa shape index (κ3) is 5.87. The minimum absolute atomic E-state index is 0.0857. The summed E-state index contributed by atoms with van der Waals surface area (Å²) in [6.07, 6.45) is 7.38. The maximum atomic E-state index is 12.4. The smallest absolute Gasteiger partial charge is 0.409 e. The summed E-state index contributed by atoms with van der Waals surface area (Å²) in [5.74, 6) is 0.362. The number of benzene rings is 1. The highest BCUT2D eigenvalue weighted by molar-refractivity contribution is 5.70. The largest absolute Gasteiger partial charge is 0.490 e. The van der Waals surface area contributed by atoms with Gasteiger partial charge < -0.3 is 19.5 Å². The standard InChI is InChI=1S/C25H34N4O5/c1-28(14-13-17-5-3-6-17)25(32)33-16-22-23(26-27-29(22)2)18-9-11-20(12-10-18)34-21-8-4-7-19(15-21)24(30)31/h9-12,17,19,21H,3-8,13-16H2,1-2H3,(H,30,31)/t19-,21-/m0/s1. The highest BCUT2D eigenvalue weighted by atomic mass is 16.6. The molecule has 2 atom stereocenters. The fourth-order valence-corrected chi connectivity index (χ4v) is 4.61. The van der Waals surface area contributed by atoms with Gasteiger partial charge in [0.25, 0.3) is 0 Å². The number of aromatic nitrogens is 3. The molecule has 9 nitrogen and oxygen atoms in total. The lowest BCUT2D eigenvalue weighted by Crippen LogP contribution is -2.30. The second kappa shape index (κ2) is 10.9. The molecule has 0 spiro atoms. The Morgan fingerprint density at radius 1 is 1.15 bits per heavy atom. The van der Waals surface area contributed by atoms with E-state index in [0.717, 1.165) is 30.7 Å². The number of carboxylic acid groups (broad SMARTS) is 1. The van der Waals surface area contributed by atoms with Gasteiger partial charge in [-0.1, -0.05) is 24.5 Å². The zero-order valence-corrected chi connectivity index (χ0v) is 20.0. The van der Waals surface area contributed by atoms with Crippen LogP contribution in [0.3, 0.4) is 0 Å². The monoisotopic (exact) mass is 470 g/mol. The van der Waals surface area contributed by atoms with Gasteiger partial charge in [0.15, 0.2) is 0 Å². The van der Waals surface area contributed by atoms with Crippen molar-refractivity contribution in [3.8, 4) is 17.0 Å². The molecule has 0 saturated heterocycles. The van der Waals surface area contributed by atoms with Crippen LogP contribution in [0.15, 0.2) is 24.3 Å². The number of carbonyl (C=O) groups is 2. The molecular weight excluding hydrogens is 436 g/mol. The molecule has 0 unspecified atom stereocenters. The van der Waals surface area contributed by atoms with Crippen LogP contribution in [0.25, 0.3) is 11.3 Å². The van der Waals surface area contributed by atoms with E-state index in [-0.39, 0.29) is 24.7 Å². The van der Waals surface area contributed by atoms with Gasteiger partial charge >= 0.3 is 12.1 Å². The van der Waals surface area contributed by atoms with Crippen LogP contribution in [0.2, 0.25) is 0 Å². The number of nitrogens with zero attached hydrogens (tertiary/aromatic N) is 4. The van der Waals surface area contributed by atoms with Crippen molar-refractivity contribution in [2.24, 2.45) is 18.9 Å². The van der Waals surface area contributed by atoms with Crippen molar-refractivity contribution in [2.45, 2.75) is 64.1 Å². The predicted octanol–water partition coefficient (Wildman–Crippen LogP) is 4.26. The second-order valence-corrected chi connectivity index (χ2v) is 9.54. The van der Waals surface area contributed by atoms with E-state index in [0.29, 0.717) is 36.5 Å². The number of aliphatic carboxylic acids is 1. The molecule has 0 bridgehead atoms. The van der Waals surface area contributed by atoms with Crippen molar-refractivity contribution >= 4 is 12.1 Å². The van der Waals surface area contributed by atoms with Gasteiger partial charge in [-0.25, -0.2) is 9.48 Å². The molecule has 2 fully saturated rings. The maximum absolute atomic E-state index is 12.4. The van der Waals surface area contributed by atoms with Crippen molar-refractivity contribution in [3.63, 3.8) is 0 Å². The van der Waals surface area contributed by atoms with Crippen LogP contribution in [0, 0.1) is 11.8 Å². The zero-order valence-electron chi connectivity index (χ0n) is 20.0. The van der Waals surface area contributed by atoms with Crippen LogP contribution in [0.1, 0.15) is 57.1 Å². The summed E-state index contributed by atoms with van der Waals surface area (Å²) in [7, 11) is 3.55. The second-order valence-electron chi connectivity index (χ2n) is 9.54. The normalized spacial score (nSPS) is 20.4. The highest BCUT2D eigenvalue weighted by Crippen LogP contribution is 2.30. The average Bonchev–Trinajstić information content (AvgIpc) is 3.17. The van der Waals surface area contributed by atoms with Crippen molar-refractivity contribution in [1.29, 1.82) is 0 Å². The van der Waals surface area contributed by atoms with Crippen LogP contribution in [-0.2, 0) is 23.2 Å². The molecule has 9 heteroatoms. The Hall–Kier alpha value is -3.10. The van der Waals surface area contributed by atoms with E-state index >= 15 is 0 Å². The first-order valence-corrected chi connectivity index (χ1v) is 12.2. The van der Waals surface area contributed by atoms with Crippen molar-refractivity contribution in [1.82, 2.24) is 19.9 Å². The molecular formula is C25H34N4O5. The number of hydrogen-bond acceptors (Lipinski definition) is 6. The lowest BCUT2D eigenvalue weighted by atomic mass is 9.83. The Morgan fingerprint density at radius 3 is 2.56 bits per heavy atom. The molecule has 1 amide bonds. The van der Waals surface area contributed by atoms with Gasteiger partial charge in [-0.3, -0.25) is 4.79 Å². The molecule has 1 aromatic heterocycles. The molecule has 1 N–H and O–H groups in total. The SMILES string of the molecule is CN(CCC1CCC1)C(=O)OCc1c(-c2ccc(O[C@H]3CCC[C@H](C(=O)O)C3)cc2)nnn1C. The van der Waals surface area contributed by atoms with Crippen LogP contribution in [0.5, 0.6) is 5.75 Å². The molecule has 2 saturated carbocycles. The number of rotatable bonds is 9. The van der Waals surface area contributed by atoms with Crippen molar-refractivity contribution < 1.29 is 24.2 Å². The number of amides is 1.